The zero-order valence-corrected chi connectivity index (χ0v) is 10.1. The molecule has 15 heavy (non-hydrogen) atoms. The Morgan fingerprint density at radius 2 is 1.53 bits per heavy atom. The molecule has 1 aliphatic rings. The van der Waals surface area contributed by atoms with Crippen LogP contribution >= 0.6 is 23.2 Å². The second kappa shape index (κ2) is 5.09. The molecule has 1 saturated heterocycles. The third-order valence-electron chi connectivity index (χ3n) is 3.03. The van der Waals surface area contributed by atoms with E-state index in [0.29, 0.717) is 23.8 Å². The number of nitrogens with zero attached hydrogens (tertiary/aromatic N) is 1. The molecule has 1 aliphatic heterocycles. The average Bonchev–Trinajstić information content (AvgIpc) is 2.72. The minimum absolute atomic E-state index is 0.442. The van der Waals surface area contributed by atoms with E-state index in [1.165, 1.54) is 5.69 Å². The normalized spacial score (nSPS) is 25.9. The molecule has 2 rings (SSSR count). The molecule has 2 unspecified atom stereocenters. The Hall–Kier alpha value is -0.400. The van der Waals surface area contributed by atoms with E-state index in [1.54, 1.807) is 0 Å². The number of halogens is 2. The lowest BCUT2D eigenvalue weighted by molar-refractivity contribution is 0.702. The van der Waals surface area contributed by atoms with Gasteiger partial charge in [-0.1, -0.05) is 18.2 Å². The van der Waals surface area contributed by atoms with Crippen LogP contribution in [-0.4, -0.2) is 23.8 Å². The van der Waals surface area contributed by atoms with Crippen LogP contribution in [0.15, 0.2) is 30.3 Å². The lowest BCUT2D eigenvalue weighted by atomic mass is 10.2. The number of rotatable bonds is 3. The summed E-state index contributed by atoms with van der Waals surface area (Å²) in [5.74, 6) is 1.37. The van der Waals surface area contributed by atoms with Gasteiger partial charge in [-0.25, -0.2) is 0 Å². The van der Waals surface area contributed by atoms with Gasteiger partial charge in [-0.2, -0.15) is 0 Å². The van der Waals surface area contributed by atoms with Crippen molar-refractivity contribution in [2.24, 2.45) is 0 Å². The van der Waals surface area contributed by atoms with Crippen molar-refractivity contribution in [1.29, 1.82) is 0 Å². The Morgan fingerprint density at radius 1 is 1.00 bits per heavy atom. The molecule has 0 aromatic heterocycles. The highest BCUT2D eigenvalue weighted by Crippen LogP contribution is 2.31. The lowest BCUT2D eigenvalue weighted by Gasteiger charge is -2.30. The molecule has 0 bridgehead atoms. The van der Waals surface area contributed by atoms with Crippen LogP contribution in [0, 0.1) is 0 Å². The van der Waals surface area contributed by atoms with Crippen molar-refractivity contribution in [3.8, 4) is 0 Å². The van der Waals surface area contributed by atoms with E-state index in [9.17, 15) is 0 Å². The zero-order chi connectivity index (χ0) is 10.7. The first kappa shape index (κ1) is 11.1. The van der Waals surface area contributed by atoms with Gasteiger partial charge in [-0.15, -0.1) is 23.2 Å². The fourth-order valence-corrected chi connectivity index (χ4v) is 2.89. The summed E-state index contributed by atoms with van der Waals surface area (Å²) < 4.78 is 0. The molecular formula is C12H15Cl2N. The number of hydrogen-bond acceptors (Lipinski definition) is 1. The maximum Gasteiger partial charge on any atom is 0.0429 e. The number of alkyl halides is 2. The van der Waals surface area contributed by atoms with Gasteiger partial charge in [-0.05, 0) is 25.0 Å². The van der Waals surface area contributed by atoms with Crippen molar-refractivity contribution < 1.29 is 0 Å². The van der Waals surface area contributed by atoms with Crippen LogP contribution in [0.3, 0.4) is 0 Å². The topological polar surface area (TPSA) is 3.24 Å². The van der Waals surface area contributed by atoms with Crippen molar-refractivity contribution >= 4 is 28.9 Å². The molecule has 0 radical (unpaired) electrons. The molecule has 3 heteroatoms. The summed E-state index contributed by atoms with van der Waals surface area (Å²) in [6, 6.07) is 11.3. The van der Waals surface area contributed by atoms with Crippen molar-refractivity contribution in [2.75, 3.05) is 16.7 Å². The van der Waals surface area contributed by atoms with E-state index < -0.39 is 0 Å². The van der Waals surface area contributed by atoms with Gasteiger partial charge in [0.1, 0.15) is 0 Å². The Bertz CT molecular complexity index is 290. The molecule has 0 aliphatic carbocycles. The Morgan fingerprint density at radius 3 is 2.00 bits per heavy atom. The summed E-state index contributed by atoms with van der Waals surface area (Å²) in [6.07, 6.45) is 2.30. The van der Waals surface area contributed by atoms with E-state index in [-0.39, 0.29) is 0 Å². The quantitative estimate of drug-likeness (QED) is 0.735. The number of hydrogen-bond donors (Lipinski definition) is 0. The Kier molecular flexibility index (Phi) is 3.76. The Labute approximate surface area is 101 Å². The lowest BCUT2D eigenvalue weighted by Crippen LogP contribution is -2.38. The van der Waals surface area contributed by atoms with Gasteiger partial charge in [-0.3, -0.25) is 0 Å². The van der Waals surface area contributed by atoms with E-state index in [0.717, 1.165) is 12.8 Å². The van der Waals surface area contributed by atoms with Gasteiger partial charge in [0.05, 0.1) is 0 Å². The summed E-state index contributed by atoms with van der Waals surface area (Å²) in [7, 11) is 0. The first-order valence-electron chi connectivity index (χ1n) is 5.32. The van der Waals surface area contributed by atoms with Crippen LogP contribution in [0.2, 0.25) is 0 Å². The molecule has 2 atom stereocenters. The zero-order valence-electron chi connectivity index (χ0n) is 8.57. The average molecular weight is 244 g/mol. The number of para-hydroxylation sites is 1. The minimum atomic E-state index is 0.442. The summed E-state index contributed by atoms with van der Waals surface area (Å²) >= 11 is 12.0. The summed E-state index contributed by atoms with van der Waals surface area (Å²) in [5.41, 5.74) is 1.24. The van der Waals surface area contributed by atoms with Crippen molar-refractivity contribution in [3.63, 3.8) is 0 Å². The molecule has 0 N–H and O–H groups in total. The van der Waals surface area contributed by atoms with E-state index in [4.69, 9.17) is 23.2 Å². The predicted octanol–water partition coefficient (Wildman–Crippen LogP) is 3.50. The van der Waals surface area contributed by atoms with Crippen molar-refractivity contribution in [1.82, 2.24) is 0 Å². The fraction of sp³-hybridized carbons (Fsp3) is 0.500. The largest absolute Gasteiger partial charge is 0.363 e. The molecule has 1 fully saturated rings. The van der Waals surface area contributed by atoms with E-state index >= 15 is 0 Å². The molecule has 1 nitrogen and oxygen atoms in total. The van der Waals surface area contributed by atoms with Crippen LogP contribution in [0.4, 0.5) is 5.69 Å². The van der Waals surface area contributed by atoms with Crippen LogP contribution in [-0.2, 0) is 0 Å². The maximum absolute atomic E-state index is 5.99. The number of benzene rings is 1. The molecule has 0 saturated carbocycles. The summed E-state index contributed by atoms with van der Waals surface area (Å²) in [5, 5.41) is 0. The monoisotopic (exact) mass is 243 g/mol. The highest BCUT2D eigenvalue weighted by Gasteiger charge is 2.32. The SMILES string of the molecule is ClCC1CCC(CCl)N1c1ccccc1. The standard InChI is InChI=1S/C12H15Cl2N/c13-8-11-6-7-12(9-14)15(11)10-4-2-1-3-5-10/h1-5,11-12H,6-9H2. The van der Waals surface area contributed by atoms with Crippen molar-refractivity contribution in [2.45, 2.75) is 24.9 Å². The number of anilines is 1. The summed E-state index contributed by atoms with van der Waals surface area (Å²) in [6.45, 7) is 0. The maximum atomic E-state index is 5.99. The van der Waals surface area contributed by atoms with E-state index in [1.807, 2.05) is 6.07 Å². The van der Waals surface area contributed by atoms with Gasteiger partial charge >= 0.3 is 0 Å². The first-order chi connectivity index (χ1) is 7.36. The molecule has 1 heterocycles. The van der Waals surface area contributed by atoms with Crippen LogP contribution < -0.4 is 4.90 Å². The third kappa shape index (κ3) is 2.24. The third-order valence-corrected chi connectivity index (χ3v) is 3.74. The van der Waals surface area contributed by atoms with Gasteiger partial charge in [0.25, 0.3) is 0 Å². The smallest absolute Gasteiger partial charge is 0.0429 e. The van der Waals surface area contributed by atoms with Gasteiger partial charge in [0, 0.05) is 29.5 Å². The highest BCUT2D eigenvalue weighted by molar-refractivity contribution is 6.19. The Balaban J connectivity index is 2.23. The molecule has 82 valence electrons. The second-order valence-electron chi connectivity index (χ2n) is 3.94. The van der Waals surface area contributed by atoms with Crippen LogP contribution in [0.1, 0.15) is 12.8 Å². The van der Waals surface area contributed by atoms with Gasteiger partial charge in [0.15, 0.2) is 0 Å². The molecule has 0 spiro atoms. The molecular weight excluding hydrogens is 229 g/mol. The second-order valence-corrected chi connectivity index (χ2v) is 4.55. The minimum Gasteiger partial charge on any atom is -0.363 e. The van der Waals surface area contributed by atoms with Gasteiger partial charge in [0.2, 0.25) is 0 Å². The molecule has 1 aromatic rings. The van der Waals surface area contributed by atoms with Gasteiger partial charge < -0.3 is 4.90 Å². The molecule has 1 aromatic carbocycles. The summed E-state index contributed by atoms with van der Waals surface area (Å²) in [4.78, 5) is 2.38. The van der Waals surface area contributed by atoms with Crippen molar-refractivity contribution in [3.05, 3.63) is 30.3 Å². The van der Waals surface area contributed by atoms with Crippen LogP contribution in [0.5, 0.6) is 0 Å². The predicted molar refractivity (Wildman–Crippen MR) is 67.2 cm³/mol. The highest BCUT2D eigenvalue weighted by atomic mass is 35.5. The fourth-order valence-electron chi connectivity index (χ4n) is 2.29. The first-order valence-corrected chi connectivity index (χ1v) is 6.39. The molecule has 0 amide bonds. The van der Waals surface area contributed by atoms with E-state index in [2.05, 4.69) is 29.2 Å². The van der Waals surface area contributed by atoms with Crippen LogP contribution in [0.25, 0.3) is 0 Å².